The second-order valence-corrected chi connectivity index (χ2v) is 12.3. The molecule has 1 heterocycles. The summed E-state index contributed by atoms with van der Waals surface area (Å²) >= 11 is 0. The molecule has 0 atom stereocenters. The molecule has 0 bridgehead atoms. The fraction of sp³-hybridized carbons (Fsp3) is 0.263. The van der Waals surface area contributed by atoms with E-state index in [1.807, 2.05) is 74.1 Å². The zero-order valence-corrected chi connectivity index (χ0v) is 33.6. The monoisotopic (exact) mass is 752 g/mol. The predicted octanol–water partition coefficient (Wildman–Crippen LogP) is 1.39. The fourth-order valence-electron chi connectivity index (χ4n) is 5.67. The van der Waals surface area contributed by atoms with Crippen molar-refractivity contribution in [2.24, 2.45) is 0 Å². The number of fused-ring (bicyclic) bond motifs is 2. The van der Waals surface area contributed by atoms with Gasteiger partial charge in [-0.25, -0.2) is 4.58 Å². The summed E-state index contributed by atoms with van der Waals surface area (Å²) in [5.41, 5.74) is 5.09. The van der Waals surface area contributed by atoms with E-state index in [9.17, 15) is 29.7 Å². The van der Waals surface area contributed by atoms with E-state index in [0.717, 1.165) is 27.6 Å². The van der Waals surface area contributed by atoms with Gasteiger partial charge in [0.1, 0.15) is 69.0 Å². The number of carbonyl (C=O) groups is 3. The maximum Gasteiger partial charge on any atom is 1.00 e. The third-order valence-electron chi connectivity index (χ3n) is 8.15. The maximum absolute atomic E-state index is 11.6. The van der Waals surface area contributed by atoms with E-state index >= 15 is 0 Å². The molecule has 14 nitrogen and oxygen atoms in total. The number of nitrogens with zero attached hydrogens (tertiary/aromatic N) is 2. The number of carboxylic acid groups (broad SMARTS) is 3. The Morgan fingerprint density at radius 1 is 0.755 bits per heavy atom. The molecule has 0 spiro atoms. The summed E-state index contributed by atoms with van der Waals surface area (Å²) in [5, 5.41) is 35.3. The van der Waals surface area contributed by atoms with Crippen molar-refractivity contribution in [1.82, 2.24) is 4.58 Å². The first-order valence-electron chi connectivity index (χ1n) is 16.3. The van der Waals surface area contributed by atoms with Crippen LogP contribution in [0.25, 0.3) is 33.4 Å². The Hall–Kier alpha value is -4.80. The normalized spacial score (nSPS) is 10.7. The third-order valence-corrected chi connectivity index (χ3v) is 8.15. The van der Waals surface area contributed by atoms with E-state index in [1.165, 1.54) is 13.2 Å². The summed E-state index contributed by atoms with van der Waals surface area (Å²) in [6.45, 7) is -0.768. The van der Waals surface area contributed by atoms with Crippen molar-refractivity contribution in [2.75, 3.05) is 77.1 Å². The molecule has 15 heteroatoms. The zero-order valence-electron chi connectivity index (χ0n) is 30.5. The van der Waals surface area contributed by atoms with Crippen molar-refractivity contribution in [2.45, 2.75) is 6.42 Å². The number of carboxylic acids is 3. The van der Waals surface area contributed by atoms with E-state index in [2.05, 4.69) is 10.6 Å². The van der Waals surface area contributed by atoms with E-state index in [0.29, 0.717) is 51.1 Å². The Morgan fingerprint density at radius 2 is 1.42 bits per heavy atom. The average molecular weight is 753 g/mol. The summed E-state index contributed by atoms with van der Waals surface area (Å²) in [6, 6.07) is 20.1. The first kappa shape index (κ1) is 41.0. The van der Waals surface area contributed by atoms with Gasteiger partial charge in [-0.1, -0.05) is 6.07 Å². The summed E-state index contributed by atoms with van der Waals surface area (Å²) in [7, 11) is 9.35. The van der Waals surface area contributed by atoms with E-state index in [4.69, 9.17) is 18.6 Å². The number of ether oxygens (including phenoxy) is 3. The number of hydrogen-bond acceptors (Lipinski definition) is 10. The summed E-state index contributed by atoms with van der Waals surface area (Å²) in [4.78, 5) is 36.0. The van der Waals surface area contributed by atoms with Crippen molar-refractivity contribution in [3.05, 3.63) is 77.7 Å². The Labute approximate surface area is 348 Å². The van der Waals surface area contributed by atoms with Crippen molar-refractivity contribution in [1.29, 1.82) is 0 Å². The van der Waals surface area contributed by atoms with E-state index in [-0.39, 0.29) is 77.6 Å². The second-order valence-electron chi connectivity index (χ2n) is 12.3. The molecule has 0 fully saturated rings. The van der Waals surface area contributed by atoms with Gasteiger partial charge in [0, 0.05) is 60.1 Å². The van der Waals surface area contributed by atoms with Gasteiger partial charge < -0.3 is 49.5 Å². The van der Waals surface area contributed by atoms with E-state index in [1.54, 1.807) is 24.3 Å². The van der Waals surface area contributed by atoms with Crippen LogP contribution in [0.3, 0.4) is 0 Å². The SMILES string of the molecule is COc1cc(NCC(=O)O)c(OCCOc2ccc(CC(=O)O)cc2NCC(=O)O)cc1-c1c2ccc(=[N+](C)C)cc-2oc2cc(N(C)C)ccc12.[K+]. The van der Waals surface area contributed by atoms with Gasteiger partial charge in [-0.2, -0.15) is 0 Å². The van der Waals surface area contributed by atoms with Crippen LogP contribution in [0.4, 0.5) is 17.1 Å². The number of rotatable bonds is 16. The molecular weight excluding hydrogens is 712 g/mol. The van der Waals surface area contributed by atoms with Gasteiger partial charge in [-0.15, -0.1) is 0 Å². The molecule has 1 aliphatic heterocycles. The van der Waals surface area contributed by atoms with Crippen LogP contribution >= 0.6 is 0 Å². The molecule has 0 unspecified atom stereocenters. The molecular formula is C38H41KN4O10+2. The van der Waals surface area contributed by atoms with Crippen LogP contribution in [0.1, 0.15) is 5.56 Å². The number of benzene rings is 4. The van der Waals surface area contributed by atoms with Crippen LogP contribution in [0.5, 0.6) is 17.2 Å². The van der Waals surface area contributed by atoms with Crippen LogP contribution in [0.2, 0.25) is 0 Å². The molecule has 0 saturated heterocycles. The summed E-state index contributed by atoms with van der Waals surface area (Å²) < 4.78 is 26.5. The van der Waals surface area contributed by atoms with Crippen molar-refractivity contribution < 1.29 is 99.7 Å². The topological polar surface area (TPSA) is 183 Å². The smallest absolute Gasteiger partial charge is 0.496 e. The molecule has 0 aromatic heterocycles. The van der Waals surface area contributed by atoms with Crippen molar-refractivity contribution in [3.8, 4) is 39.7 Å². The minimum Gasteiger partial charge on any atom is -0.496 e. The fourth-order valence-corrected chi connectivity index (χ4v) is 5.67. The van der Waals surface area contributed by atoms with Crippen LogP contribution < -0.4 is 91.1 Å². The van der Waals surface area contributed by atoms with Crippen molar-refractivity contribution >= 4 is 45.9 Å². The number of aliphatic carboxylic acids is 3. The van der Waals surface area contributed by atoms with Gasteiger partial charge in [0.05, 0.1) is 31.0 Å². The second kappa shape index (κ2) is 18.3. The maximum atomic E-state index is 11.6. The van der Waals surface area contributed by atoms with Crippen molar-refractivity contribution in [3.63, 3.8) is 0 Å². The molecule has 0 saturated carbocycles. The Morgan fingerprint density at radius 3 is 2.02 bits per heavy atom. The van der Waals surface area contributed by atoms with Crippen LogP contribution in [0, 0.1) is 0 Å². The molecule has 3 aromatic rings. The molecule has 1 aliphatic carbocycles. The quantitative estimate of drug-likeness (QED) is 0.0423. The van der Waals surface area contributed by atoms with Gasteiger partial charge in [-0.3, -0.25) is 14.4 Å². The average Bonchev–Trinajstić information content (AvgIpc) is 3.10. The molecule has 5 N–H and O–H groups in total. The van der Waals surface area contributed by atoms with Gasteiger partial charge >= 0.3 is 69.3 Å². The van der Waals surface area contributed by atoms with Crippen LogP contribution in [-0.4, -0.2) is 94.8 Å². The standard InChI is InChI=1S/C38H40N4O10.K/c1-41(2)23-7-9-25-32(16-23)52-33-17-24(42(3)4)8-10-26(33)38(25)27-18-34(29(19-31(27)49-5)40-21-37(47)48)51-13-12-50-30-11-6-22(15-35(43)44)14-28(30)39-20-36(45)46;/h6-11,14,16-19,39H,12-13,15,20-21H2,1-5H3,(H3,43,44,45,46,47,48);/q;+1/p+1. The zero-order chi connectivity index (χ0) is 37.5. The number of nitrogens with one attached hydrogen (secondary N) is 2. The van der Waals surface area contributed by atoms with Gasteiger partial charge in [0.15, 0.2) is 0 Å². The van der Waals surface area contributed by atoms with Crippen LogP contribution in [0.15, 0.2) is 71.1 Å². The number of anilines is 3. The van der Waals surface area contributed by atoms with Gasteiger partial charge in [-0.05, 0) is 42.0 Å². The Kier molecular flexibility index (Phi) is 14.1. The van der Waals surface area contributed by atoms with Gasteiger partial charge in [0.25, 0.3) is 0 Å². The van der Waals surface area contributed by atoms with Crippen LogP contribution in [-0.2, 0) is 20.8 Å². The molecule has 272 valence electrons. The predicted molar refractivity (Wildman–Crippen MR) is 197 cm³/mol. The molecule has 0 radical (unpaired) electrons. The Bertz CT molecular complexity index is 2180. The number of methoxy groups -OCH3 is 1. The summed E-state index contributed by atoms with van der Waals surface area (Å²) in [6.07, 6.45) is -0.245. The first-order valence-corrected chi connectivity index (χ1v) is 16.3. The Balaban J connectivity index is 0.00000627. The molecule has 2 aliphatic rings. The number of hydrogen-bond donors (Lipinski definition) is 5. The summed E-state index contributed by atoms with van der Waals surface area (Å²) in [5.74, 6) is -1.44. The van der Waals surface area contributed by atoms with E-state index < -0.39 is 24.5 Å². The minimum atomic E-state index is -1.10. The van der Waals surface area contributed by atoms with Gasteiger partial charge in [0.2, 0.25) is 5.36 Å². The molecule has 5 rings (SSSR count). The first-order chi connectivity index (χ1) is 24.8. The molecule has 53 heavy (non-hydrogen) atoms. The third kappa shape index (κ3) is 10.2. The minimum absolute atomic E-state index is 0. The molecule has 0 amide bonds. The largest absolute Gasteiger partial charge is 1.00 e. The molecule has 3 aromatic carbocycles.